The number of nitrogens with zero attached hydrogens (tertiary/aromatic N) is 1. The minimum absolute atomic E-state index is 0.0137. The summed E-state index contributed by atoms with van der Waals surface area (Å²) >= 11 is 0. The molecule has 0 bridgehead atoms. The van der Waals surface area contributed by atoms with Crippen LogP contribution < -0.4 is 10.1 Å². The van der Waals surface area contributed by atoms with E-state index in [9.17, 15) is 4.79 Å². The summed E-state index contributed by atoms with van der Waals surface area (Å²) in [6.07, 6.45) is 1.71. The molecule has 20 heavy (non-hydrogen) atoms. The van der Waals surface area contributed by atoms with Crippen LogP contribution in [0.3, 0.4) is 0 Å². The van der Waals surface area contributed by atoms with E-state index in [2.05, 4.69) is 11.9 Å². The van der Waals surface area contributed by atoms with Crippen molar-refractivity contribution in [3.63, 3.8) is 0 Å². The van der Waals surface area contributed by atoms with E-state index < -0.39 is 0 Å². The van der Waals surface area contributed by atoms with Gasteiger partial charge in [0, 0.05) is 26.1 Å². The highest BCUT2D eigenvalue weighted by Gasteiger charge is 2.16. The molecule has 0 spiro atoms. The number of amides is 1. The number of rotatable bonds is 8. The number of hydrogen-bond acceptors (Lipinski definition) is 3. The number of carbonyl (C=O) groups excluding carboxylic acids is 1. The summed E-state index contributed by atoms with van der Waals surface area (Å²) in [5, 5.41) is 3.02. The third-order valence-corrected chi connectivity index (χ3v) is 3.02. The minimum atomic E-state index is -0.0137. The van der Waals surface area contributed by atoms with Crippen LogP contribution in [0.1, 0.15) is 12.5 Å². The zero-order valence-electron chi connectivity index (χ0n) is 12.6. The topological polar surface area (TPSA) is 41.6 Å². The molecule has 0 aromatic heterocycles. The van der Waals surface area contributed by atoms with Crippen LogP contribution in [0.15, 0.2) is 36.9 Å². The second-order valence-electron chi connectivity index (χ2n) is 4.90. The molecule has 1 aromatic rings. The van der Waals surface area contributed by atoms with Gasteiger partial charge in [-0.3, -0.25) is 4.79 Å². The Kier molecular flexibility index (Phi) is 6.81. The predicted octanol–water partition coefficient (Wildman–Crippen LogP) is 2.07. The second-order valence-corrected chi connectivity index (χ2v) is 4.90. The zero-order chi connectivity index (χ0) is 15.0. The van der Waals surface area contributed by atoms with Crippen LogP contribution in [0, 0.1) is 5.92 Å². The highest BCUT2D eigenvalue weighted by molar-refractivity contribution is 5.78. The summed E-state index contributed by atoms with van der Waals surface area (Å²) in [6, 6.07) is 7.78. The van der Waals surface area contributed by atoms with E-state index in [1.165, 1.54) is 0 Å². The quantitative estimate of drug-likeness (QED) is 0.739. The lowest BCUT2D eigenvalue weighted by molar-refractivity contribution is -0.134. The lowest BCUT2D eigenvalue weighted by atomic mass is 10.1. The van der Waals surface area contributed by atoms with Gasteiger partial charge in [0.25, 0.3) is 0 Å². The molecule has 0 saturated carbocycles. The van der Waals surface area contributed by atoms with Crippen molar-refractivity contribution in [3.8, 4) is 5.75 Å². The smallest absolute Gasteiger partial charge is 0.226 e. The van der Waals surface area contributed by atoms with Crippen molar-refractivity contribution in [2.45, 2.75) is 13.5 Å². The standard InChI is InChI=1S/C16H24N2O2/c1-5-10-20-15-8-6-14(7-9-15)12-18(4)16(19)13(2)11-17-3/h5-9,13,17H,1,10-12H2,2-4H3. The molecule has 0 aliphatic heterocycles. The molecular weight excluding hydrogens is 252 g/mol. The molecule has 1 rings (SSSR count). The van der Waals surface area contributed by atoms with Gasteiger partial charge in [0.05, 0.1) is 0 Å². The summed E-state index contributed by atoms with van der Waals surface area (Å²) in [7, 11) is 3.68. The number of benzene rings is 1. The van der Waals surface area contributed by atoms with Gasteiger partial charge in [-0.15, -0.1) is 0 Å². The minimum Gasteiger partial charge on any atom is -0.490 e. The first-order valence-electron chi connectivity index (χ1n) is 6.80. The van der Waals surface area contributed by atoms with Crippen molar-refractivity contribution in [2.24, 2.45) is 5.92 Å². The third-order valence-electron chi connectivity index (χ3n) is 3.02. The first kappa shape index (κ1) is 16.2. The fraction of sp³-hybridized carbons (Fsp3) is 0.438. The van der Waals surface area contributed by atoms with Crippen molar-refractivity contribution < 1.29 is 9.53 Å². The molecule has 0 aliphatic carbocycles. The van der Waals surface area contributed by atoms with Gasteiger partial charge in [-0.2, -0.15) is 0 Å². The summed E-state index contributed by atoms with van der Waals surface area (Å²) in [4.78, 5) is 13.8. The molecular formula is C16H24N2O2. The molecule has 1 N–H and O–H groups in total. The number of carbonyl (C=O) groups is 1. The highest BCUT2D eigenvalue weighted by Crippen LogP contribution is 2.14. The van der Waals surface area contributed by atoms with Crippen LogP contribution in [0.4, 0.5) is 0 Å². The Labute approximate surface area is 121 Å². The summed E-state index contributed by atoms with van der Waals surface area (Å²) in [5.74, 6) is 0.942. The molecule has 110 valence electrons. The Hall–Kier alpha value is -1.81. The Morgan fingerprint density at radius 3 is 2.65 bits per heavy atom. The SMILES string of the molecule is C=CCOc1ccc(CN(C)C(=O)C(C)CNC)cc1. The maximum Gasteiger partial charge on any atom is 0.226 e. The predicted molar refractivity (Wildman–Crippen MR) is 81.7 cm³/mol. The average molecular weight is 276 g/mol. The zero-order valence-corrected chi connectivity index (χ0v) is 12.6. The van der Waals surface area contributed by atoms with Crippen molar-refractivity contribution in [1.82, 2.24) is 10.2 Å². The van der Waals surface area contributed by atoms with E-state index in [0.717, 1.165) is 11.3 Å². The normalized spacial score (nSPS) is 11.8. The van der Waals surface area contributed by atoms with Gasteiger partial charge < -0.3 is 15.0 Å². The van der Waals surface area contributed by atoms with E-state index in [1.54, 1.807) is 11.0 Å². The maximum absolute atomic E-state index is 12.1. The summed E-state index contributed by atoms with van der Waals surface area (Å²) in [5.41, 5.74) is 1.09. The van der Waals surface area contributed by atoms with Gasteiger partial charge in [-0.25, -0.2) is 0 Å². The second kappa shape index (κ2) is 8.38. The van der Waals surface area contributed by atoms with Crippen LogP contribution in [-0.4, -0.2) is 38.1 Å². The van der Waals surface area contributed by atoms with Crippen LogP contribution in [0.5, 0.6) is 5.75 Å². The lowest BCUT2D eigenvalue weighted by Gasteiger charge is -2.21. The molecule has 4 heteroatoms. The van der Waals surface area contributed by atoms with Gasteiger partial charge in [0.15, 0.2) is 0 Å². The van der Waals surface area contributed by atoms with E-state index in [-0.39, 0.29) is 11.8 Å². The van der Waals surface area contributed by atoms with Crippen molar-refractivity contribution >= 4 is 5.91 Å². The molecule has 1 amide bonds. The van der Waals surface area contributed by atoms with E-state index >= 15 is 0 Å². The van der Waals surface area contributed by atoms with E-state index in [1.807, 2.05) is 45.3 Å². The molecule has 0 radical (unpaired) electrons. The van der Waals surface area contributed by atoms with Crippen LogP contribution in [0.2, 0.25) is 0 Å². The molecule has 0 saturated heterocycles. The largest absolute Gasteiger partial charge is 0.490 e. The van der Waals surface area contributed by atoms with Gasteiger partial charge in [0.2, 0.25) is 5.91 Å². The van der Waals surface area contributed by atoms with Crippen LogP contribution in [-0.2, 0) is 11.3 Å². The number of hydrogen-bond donors (Lipinski definition) is 1. The van der Waals surface area contributed by atoms with Gasteiger partial charge in [-0.1, -0.05) is 31.7 Å². The first-order valence-corrected chi connectivity index (χ1v) is 6.80. The number of nitrogens with one attached hydrogen (secondary N) is 1. The highest BCUT2D eigenvalue weighted by atomic mass is 16.5. The fourth-order valence-electron chi connectivity index (χ4n) is 1.97. The van der Waals surface area contributed by atoms with Crippen LogP contribution >= 0.6 is 0 Å². The third kappa shape index (κ3) is 5.05. The first-order chi connectivity index (χ1) is 9.58. The van der Waals surface area contributed by atoms with Gasteiger partial charge in [0.1, 0.15) is 12.4 Å². The Balaban J connectivity index is 2.55. The van der Waals surface area contributed by atoms with E-state index in [0.29, 0.717) is 19.7 Å². The van der Waals surface area contributed by atoms with Crippen molar-refractivity contribution in [2.75, 3.05) is 27.2 Å². The Morgan fingerprint density at radius 1 is 1.45 bits per heavy atom. The summed E-state index contributed by atoms with van der Waals surface area (Å²) in [6.45, 7) is 7.34. The maximum atomic E-state index is 12.1. The average Bonchev–Trinajstić information content (AvgIpc) is 2.46. The van der Waals surface area contributed by atoms with Gasteiger partial charge in [-0.05, 0) is 24.7 Å². The molecule has 0 heterocycles. The molecule has 1 aromatic carbocycles. The summed E-state index contributed by atoms with van der Waals surface area (Å²) < 4.78 is 5.43. The lowest BCUT2D eigenvalue weighted by Crippen LogP contribution is -2.35. The fourth-order valence-corrected chi connectivity index (χ4v) is 1.97. The molecule has 1 unspecified atom stereocenters. The molecule has 0 aliphatic rings. The monoisotopic (exact) mass is 276 g/mol. The van der Waals surface area contributed by atoms with E-state index in [4.69, 9.17) is 4.74 Å². The number of ether oxygens (including phenoxy) is 1. The molecule has 4 nitrogen and oxygen atoms in total. The van der Waals surface area contributed by atoms with Crippen molar-refractivity contribution in [3.05, 3.63) is 42.5 Å². The van der Waals surface area contributed by atoms with Crippen molar-refractivity contribution in [1.29, 1.82) is 0 Å². The van der Waals surface area contributed by atoms with Crippen LogP contribution in [0.25, 0.3) is 0 Å². The Bertz CT molecular complexity index is 429. The Morgan fingerprint density at radius 2 is 2.10 bits per heavy atom. The molecule has 0 fully saturated rings. The van der Waals surface area contributed by atoms with Gasteiger partial charge >= 0.3 is 0 Å². The molecule has 1 atom stereocenters.